The SMILES string of the molecule is CN=C(NCc1ccc2c(c1)OCO2)NCC(c1cccc(F)c1)N1CCOCC1.I. The van der Waals surface area contributed by atoms with Gasteiger partial charge in [-0.15, -0.1) is 24.0 Å². The molecular formula is C22H28FIN4O3. The summed E-state index contributed by atoms with van der Waals surface area (Å²) in [5.41, 5.74) is 2.01. The van der Waals surface area contributed by atoms with Gasteiger partial charge in [-0.3, -0.25) is 9.89 Å². The number of hydrogen-bond donors (Lipinski definition) is 2. The number of aliphatic imine (C=N–C) groups is 1. The van der Waals surface area contributed by atoms with Crippen LogP contribution in [0.1, 0.15) is 17.2 Å². The van der Waals surface area contributed by atoms with Gasteiger partial charge < -0.3 is 24.8 Å². The second kappa shape index (κ2) is 11.5. The summed E-state index contributed by atoms with van der Waals surface area (Å²) >= 11 is 0. The van der Waals surface area contributed by atoms with Crippen molar-refractivity contribution in [3.8, 4) is 11.5 Å². The standard InChI is InChI=1S/C22H27FN4O3.HI/c1-24-22(25-13-16-5-6-20-21(11-16)30-15-29-20)26-14-19(27-7-9-28-10-8-27)17-3-2-4-18(23)12-17;/h2-6,11-12,19H,7-10,13-15H2,1H3,(H2,24,25,26);1H. The summed E-state index contributed by atoms with van der Waals surface area (Å²) in [6.07, 6.45) is 0. The van der Waals surface area contributed by atoms with Gasteiger partial charge in [0.05, 0.1) is 19.3 Å². The maximum atomic E-state index is 13.8. The Morgan fingerprint density at radius 1 is 1.10 bits per heavy atom. The summed E-state index contributed by atoms with van der Waals surface area (Å²) in [6, 6.07) is 12.7. The van der Waals surface area contributed by atoms with Crippen LogP contribution in [0.5, 0.6) is 11.5 Å². The Morgan fingerprint density at radius 3 is 2.68 bits per heavy atom. The molecular weight excluding hydrogens is 514 g/mol. The Labute approximate surface area is 199 Å². The first kappa shape index (κ1) is 23.6. The Kier molecular flexibility index (Phi) is 8.73. The van der Waals surface area contributed by atoms with Gasteiger partial charge in [0.15, 0.2) is 17.5 Å². The summed E-state index contributed by atoms with van der Waals surface area (Å²) in [4.78, 5) is 6.64. The van der Waals surface area contributed by atoms with Crippen LogP contribution in [0.25, 0.3) is 0 Å². The van der Waals surface area contributed by atoms with Gasteiger partial charge in [0.1, 0.15) is 5.82 Å². The maximum Gasteiger partial charge on any atom is 0.231 e. The highest BCUT2D eigenvalue weighted by Crippen LogP contribution is 2.32. The first-order valence-electron chi connectivity index (χ1n) is 10.1. The minimum absolute atomic E-state index is 0. The van der Waals surface area contributed by atoms with Gasteiger partial charge >= 0.3 is 0 Å². The number of guanidine groups is 1. The van der Waals surface area contributed by atoms with Crippen LogP contribution in [0.2, 0.25) is 0 Å². The molecule has 1 atom stereocenters. The van der Waals surface area contributed by atoms with E-state index in [4.69, 9.17) is 14.2 Å². The monoisotopic (exact) mass is 542 g/mol. The molecule has 2 aliphatic rings. The number of ether oxygens (including phenoxy) is 3. The molecule has 0 saturated carbocycles. The lowest BCUT2D eigenvalue weighted by Gasteiger charge is -2.35. The van der Waals surface area contributed by atoms with E-state index in [1.54, 1.807) is 19.2 Å². The molecule has 0 bridgehead atoms. The quantitative estimate of drug-likeness (QED) is 0.333. The average Bonchev–Trinajstić information content (AvgIpc) is 3.25. The number of nitrogens with zero attached hydrogens (tertiary/aromatic N) is 2. The molecule has 2 aromatic rings. The van der Waals surface area contributed by atoms with E-state index in [-0.39, 0.29) is 42.6 Å². The van der Waals surface area contributed by atoms with Crippen molar-refractivity contribution in [2.24, 2.45) is 4.99 Å². The van der Waals surface area contributed by atoms with Crippen LogP contribution < -0.4 is 20.1 Å². The molecule has 1 fully saturated rings. The Bertz CT molecular complexity index is 893. The molecule has 1 unspecified atom stereocenters. The Hall–Kier alpha value is -2.11. The zero-order chi connectivity index (χ0) is 20.8. The van der Waals surface area contributed by atoms with E-state index in [0.717, 1.165) is 35.7 Å². The number of halogens is 2. The molecule has 0 radical (unpaired) electrons. The van der Waals surface area contributed by atoms with Crippen LogP contribution in [0, 0.1) is 5.82 Å². The highest BCUT2D eigenvalue weighted by Gasteiger charge is 2.23. The number of benzene rings is 2. The van der Waals surface area contributed by atoms with Crippen molar-refractivity contribution in [2.75, 3.05) is 46.7 Å². The number of morpholine rings is 1. The molecule has 168 valence electrons. The fourth-order valence-corrected chi connectivity index (χ4v) is 3.71. The lowest BCUT2D eigenvalue weighted by Crippen LogP contribution is -2.46. The first-order chi connectivity index (χ1) is 14.7. The summed E-state index contributed by atoms with van der Waals surface area (Å²) in [5.74, 6) is 1.99. The topological polar surface area (TPSA) is 67.4 Å². The second-order valence-corrected chi connectivity index (χ2v) is 7.21. The average molecular weight is 542 g/mol. The van der Waals surface area contributed by atoms with Crippen molar-refractivity contribution < 1.29 is 18.6 Å². The lowest BCUT2D eigenvalue weighted by atomic mass is 10.0. The predicted molar refractivity (Wildman–Crippen MR) is 128 cm³/mol. The van der Waals surface area contributed by atoms with Crippen LogP contribution in [-0.4, -0.2) is 57.5 Å². The molecule has 0 aromatic heterocycles. The van der Waals surface area contributed by atoms with E-state index >= 15 is 0 Å². The molecule has 9 heteroatoms. The van der Waals surface area contributed by atoms with Crippen LogP contribution in [0.3, 0.4) is 0 Å². The fraction of sp³-hybridized carbons (Fsp3) is 0.409. The Morgan fingerprint density at radius 2 is 1.90 bits per heavy atom. The minimum atomic E-state index is -0.226. The van der Waals surface area contributed by atoms with E-state index in [1.807, 2.05) is 24.3 Å². The van der Waals surface area contributed by atoms with E-state index in [0.29, 0.717) is 32.3 Å². The molecule has 2 aromatic carbocycles. The third-order valence-electron chi connectivity index (χ3n) is 5.30. The van der Waals surface area contributed by atoms with Gasteiger partial charge in [0, 0.05) is 33.2 Å². The summed E-state index contributed by atoms with van der Waals surface area (Å²) in [7, 11) is 1.74. The van der Waals surface area contributed by atoms with Crippen molar-refractivity contribution in [2.45, 2.75) is 12.6 Å². The normalized spacial score (nSPS) is 17.0. The third kappa shape index (κ3) is 6.20. The zero-order valence-corrected chi connectivity index (χ0v) is 19.8. The summed E-state index contributed by atoms with van der Waals surface area (Å²) in [5, 5.41) is 6.71. The highest BCUT2D eigenvalue weighted by atomic mass is 127. The van der Waals surface area contributed by atoms with Gasteiger partial charge in [-0.05, 0) is 35.4 Å². The molecule has 1 saturated heterocycles. The Balaban J connectivity index is 0.00000272. The van der Waals surface area contributed by atoms with Gasteiger partial charge in [-0.1, -0.05) is 18.2 Å². The molecule has 7 nitrogen and oxygen atoms in total. The van der Waals surface area contributed by atoms with Crippen molar-refractivity contribution in [1.29, 1.82) is 0 Å². The second-order valence-electron chi connectivity index (χ2n) is 7.21. The van der Waals surface area contributed by atoms with Crippen LogP contribution in [0.4, 0.5) is 4.39 Å². The predicted octanol–water partition coefficient (Wildman–Crippen LogP) is 2.91. The molecule has 0 spiro atoms. The van der Waals surface area contributed by atoms with Crippen LogP contribution in [-0.2, 0) is 11.3 Å². The number of fused-ring (bicyclic) bond motifs is 1. The smallest absolute Gasteiger partial charge is 0.231 e. The van der Waals surface area contributed by atoms with E-state index in [9.17, 15) is 4.39 Å². The van der Waals surface area contributed by atoms with Crippen molar-refractivity contribution in [1.82, 2.24) is 15.5 Å². The zero-order valence-electron chi connectivity index (χ0n) is 17.5. The van der Waals surface area contributed by atoms with Gasteiger partial charge in [0.25, 0.3) is 0 Å². The molecule has 31 heavy (non-hydrogen) atoms. The van der Waals surface area contributed by atoms with Crippen LogP contribution >= 0.6 is 24.0 Å². The van der Waals surface area contributed by atoms with Crippen LogP contribution in [0.15, 0.2) is 47.5 Å². The van der Waals surface area contributed by atoms with Crippen molar-refractivity contribution in [3.63, 3.8) is 0 Å². The molecule has 2 aliphatic heterocycles. The summed E-state index contributed by atoms with van der Waals surface area (Å²) in [6.45, 7) is 4.45. The van der Waals surface area contributed by atoms with Gasteiger partial charge in [0.2, 0.25) is 6.79 Å². The molecule has 2 N–H and O–H groups in total. The maximum absolute atomic E-state index is 13.8. The van der Waals surface area contributed by atoms with Gasteiger partial charge in [-0.25, -0.2) is 4.39 Å². The van der Waals surface area contributed by atoms with Gasteiger partial charge in [-0.2, -0.15) is 0 Å². The molecule has 0 amide bonds. The van der Waals surface area contributed by atoms with E-state index < -0.39 is 0 Å². The van der Waals surface area contributed by atoms with E-state index in [1.165, 1.54) is 6.07 Å². The number of nitrogens with one attached hydrogen (secondary N) is 2. The van der Waals surface area contributed by atoms with Crippen molar-refractivity contribution in [3.05, 3.63) is 59.4 Å². The van der Waals surface area contributed by atoms with E-state index in [2.05, 4.69) is 20.5 Å². The summed E-state index contributed by atoms with van der Waals surface area (Å²) < 4.78 is 30.1. The minimum Gasteiger partial charge on any atom is -0.454 e. The lowest BCUT2D eigenvalue weighted by molar-refractivity contribution is 0.0169. The number of rotatable bonds is 6. The highest BCUT2D eigenvalue weighted by molar-refractivity contribution is 14.0. The molecule has 4 rings (SSSR count). The molecule has 0 aliphatic carbocycles. The fourth-order valence-electron chi connectivity index (χ4n) is 3.71. The van der Waals surface area contributed by atoms with Crippen molar-refractivity contribution >= 4 is 29.9 Å². The first-order valence-corrected chi connectivity index (χ1v) is 10.1. The molecule has 2 heterocycles. The third-order valence-corrected chi connectivity index (χ3v) is 5.30. The largest absolute Gasteiger partial charge is 0.454 e. The number of hydrogen-bond acceptors (Lipinski definition) is 5.